The SMILES string of the molecule is CCN1CCCC(NC(=O)NCCOCC(=O)O)C1. The van der Waals surface area contributed by atoms with E-state index in [1.807, 2.05) is 0 Å². The zero-order chi connectivity index (χ0) is 14.1. The first-order valence-electron chi connectivity index (χ1n) is 6.68. The van der Waals surface area contributed by atoms with Gasteiger partial charge in [0.1, 0.15) is 6.61 Å². The van der Waals surface area contributed by atoms with Gasteiger partial charge in [-0.25, -0.2) is 9.59 Å². The molecule has 0 aliphatic carbocycles. The molecule has 1 heterocycles. The van der Waals surface area contributed by atoms with Crippen LogP contribution in [0.1, 0.15) is 19.8 Å². The van der Waals surface area contributed by atoms with Gasteiger partial charge in [0.2, 0.25) is 0 Å². The number of nitrogens with zero attached hydrogens (tertiary/aromatic N) is 1. The van der Waals surface area contributed by atoms with E-state index >= 15 is 0 Å². The Morgan fingerprint density at radius 2 is 2.26 bits per heavy atom. The molecule has 2 amide bonds. The number of carboxylic acid groups (broad SMARTS) is 1. The van der Waals surface area contributed by atoms with E-state index in [9.17, 15) is 9.59 Å². The lowest BCUT2D eigenvalue weighted by atomic mass is 10.1. The van der Waals surface area contributed by atoms with E-state index in [2.05, 4.69) is 22.5 Å². The molecule has 1 rings (SSSR count). The van der Waals surface area contributed by atoms with Crippen molar-refractivity contribution in [3.8, 4) is 0 Å². The molecule has 7 nitrogen and oxygen atoms in total. The van der Waals surface area contributed by atoms with Gasteiger partial charge in [0.15, 0.2) is 0 Å². The highest BCUT2D eigenvalue weighted by Gasteiger charge is 2.19. The molecule has 1 aliphatic rings. The van der Waals surface area contributed by atoms with Crippen molar-refractivity contribution >= 4 is 12.0 Å². The lowest BCUT2D eigenvalue weighted by Gasteiger charge is -2.32. The average molecular weight is 273 g/mol. The van der Waals surface area contributed by atoms with Crippen molar-refractivity contribution in [1.29, 1.82) is 0 Å². The number of piperidine rings is 1. The number of likely N-dealkylation sites (N-methyl/N-ethyl adjacent to an activating group) is 1. The molecule has 1 atom stereocenters. The molecule has 0 spiro atoms. The molecule has 0 saturated carbocycles. The van der Waals surface area contributed by atoms with E-state index in [-0.39, 0.29) is 25.3 Å². The Morgan fingerprint density at radius 3 is 2.95 bits per heavy atom. The molecule has 0 bridgehead atoms. The normalized spacial score (nSPS) is 19.9. The molecule has 3 N–H and O–H groups in total. The topological polar surface area (TPSA) is 90.9 Å². The molecule has 1 unspecified atom stereocenters. The zero-order valence-corrected chi connectivity index (χ0v) is 11.4. The smallest absolute Gasteiger partial charge is 0.329 e. The van der Waals surface area contributed by atoms with E-state index < -0.39 is 5.97 Å². The number of likely N-dealkylation sites (tertiary alicyclic amines) is 1. The predicted octanol–water partition coefficient (Wildman–Crippen LogP) is -0.129. The van der Waals surface area contributed by atoms with E-state index in [0.717, 1.165) is 32.5 Å². The third kappa shape index (κ3) is 6.97. The van der Waals surface area contributed by atoms with Crippen LogP contribution in [0.2, 0.25) is 0 Å². The van der Waals surface area contributed by atoms with Crippen LogP contribution in [0.4, 0.5) is 4.79 Å². The molecule has 0 aromatic rings. The second-order valence-electron chi connectivity index (χ2n) is 4.58. The number of ether oxygens (including phenoxy) is 1. The summed E-state index contributed by atoms with van der Waals surface area (Å²) in [4.78, 5) is 24.1. The number of carboxylic acids is 1. The minimum Gasteiger partial charge on any atom is -0.480 e. The summed E-state index contributed by atoms with van der Waals surface area (Å²) in [7, 11) is 0. The van der Waals surface area contributed by atoms with Gasteiger partial charge in [-0.3, -0.25) is 0 Å². The van der Waals surface area contributed by atoms with Crippen LogP contribution in [0.15, 0.2) is 0 Å². The quantitative estimate of drug-likeness (QED) is 0.562. The van der Waals surface area contributed by atoms with Crippen LogP contribution in [0.25, 0.3) is 0 Å². The van der Waals surface area contributed by atoms with E-state index in [0.29, 0.717) is 6.54 Å². The molecule has 1 fully saturated rings. The first-order chi connectivity index (χ1) is 9.11. The van der Waals surface area contributed by atoms with Crippen LogP contribution < -0.4 is 10.6 Å². The van der Waals surface area contributed by atoms with Crippen molar-refractivity contribution in [2.45, 2.75) is 25.8 Å². The van der Waals surface area contributed by atoms with Crippen molar-refractivity contribution < 1.29 is 19.4 Å². The maximum absolute atomic E-state index is 11.6. The van der Waals surface area contributed by atoms with Gasteiger partial charge in [0.05, 0.1) is 6.61 Å². The third-order valence-corrected chi connectivity index (χ3v) is 3.05. The Morgan fingerprint density at radius 1 is 1.47 bits per heavy atom. The number of rotatable bonds is 7. The molecule has 0 aromatic carbocycles. The second-order valence-corrected chi connectivity index (χ2v) is 4.58. The van der Waals surface area contributed by atoms with Crippen molar-refractivity contribution in [2.24, 2.45) is 0 Å². The largest absolute Gasteiger partial charge is 0.480 e. The zero-order valence-electron chi connectivity index (χ0n) is 11.4. The number of carbonyl (C=O) groups is 2. The fourth-order valence-corrected chi connectivity index (χ4v) is 2.09. The molecule has 1 aliphatic heterocycles. The van der Waals surface area contributed by atoms with Crippen LogP contribution in [-0.4, -0.2) is 67.4 Å². The number of aliphatic carboxylic acids is 1. The summed E-state index contributed by atoms with van der Waals surface area (Å²) in [5.74, 6) is -1.01. The predicted molar refractivity (Wildman–Crippen MR) is 70.1 cm³/mol. The molecular weight excluding hydrogens is 250 g/mol. The molecular formula is C12H23N3O4. The average Bonchev–Trinajstić information content (AvgIpc) is 2.38. The Kier molecular flexibility index (Phi) is 7.20. The van der Waals surface area contributed by atoms with Crippen LogP contribution in [0.3, 0.4) is 0 Å². The maximum atomic E-state index is 11.6. The van der Waals surface area contributed by atoms with Gasteiger partial charge in [0.25, 0.3) is 0 Å². The Labute approximate surface area is 113 Å². The van der Waals surface area contributed by atoms with Gasteiger partial charge in [-0.15, -0.1) is 0 Å². The Bertz CT molecular complexity index is 299. The summed E-state index contributed by atoms with van der Waals surface area (Å²) in [5.41, 5.74) is 0. The summed E-state index contributed by atoms with van der Waals surface area (Å²) >= 11 is 0. The molecule has 0 radical (unpaired) electrons. The van der Waals surface area contributed by atoms with Crippen LogP contribution in [-0.2, 0) is 9.53 Å². The summed E-state index contributed by atoms with van der Waals surface area (Å²) in [6.45, 7) is 5.27. The highest BCUT2D eigenvalue weighted by molar-refractivity contribution is 5.74. The monoisotopic (exact) mass is 273 g/mol. The fraction of sp³-hybridized carbons (Fsp3) is 0.833. The second kappa shape index (κ2) is 8.71. The first kappa shape index (κ1) is 15.7. The van der Waals surface area contributed by atoms with Crippen molar-refractivity contribution in [3.05, 3.63) is 0 Å². The van der Waals surface area contributed by atoms with Gasteiger partial charge in [-0.2, -0.15) is 0 Å². The number of nitrogens with one attached hydrogen (secondary N) is 2. The Hall–Kier alpha value is -1.34. The van der Waals surface area contributed by atoms with Gasteiger partial charge in [-0.05, 0) is 25.9 Å². The van der Waals surface area contributed by atoms with Gasteiger partial charge < -0.3 is 25.4 Å². The van der Waals surface area contributed by atoms with E-state index in [1.165, 1.54) is 0 Å². The standard InChI is InChI=1S/C12H23N3O4/c1-2-15-6-3-4-10(8-15)14-12(18)13-5-7-19-9-11(16)17/h10H,2-9H2,1H3,(H,16,17)(H2,13,14,18). The molecule has 7 heteroatoms. The number of amides is 2. The minimum absolute atomic E-state index is 0.189. The van der Waals surface area contributed by atoms with Crippen molar-refractivity contribution in [2.75, 3.05) is 39.4 Å². The van der Waals surface area contributed by atoms with Crippen LogP contribution in [0, 0.1) is 0 Å². The lowest BCUT2D eigenvalue weighted by molar-refractivity contribution is -0.142. The summed E-state index contributed by atoms with van der Waals surface area (Å²) in [6.07, 6.45) is 2.10. The van der Waals surface area contributed by atoms with Crippen LogP contribution in [0.5, 0.6) is 0 Å². The highest BCUT2D eigenvalue weighted by atomic mass is 16.5. The summed E-state index contributed by atoms with van der Waals surface area (Å²) in [5, 5.41) is 13.9. The number of hydrogen-bond donors (Lipinski definition) is 3. The number of hydrogen-bond acceptors (Lipinski definition) is 4. The maximum Gasteiger partial charge on any atom is 0.329 e. The lowest BCUT2D eigenvalue weighted by Crippen LogP contribution is -2.50. The first-order valence-corrected chi connectivity index (χ1v) is 6.68. The Balaban J connectivity index is 2.08. The van der Waals surface area contributed by atoms with Gasteiger partial charge >= 0.3 is 12.0 Å². The summed E-state index contributed by atoms with van der Waals surface area (Å²) < 4.78 is 4.82. The van der Waals surface area contributed by atoms with Crippen molar-refractivity contribution in [1.82, 2.24) is 15.5 Å². The van der Waals surface area contributed by atoms with Crippen LogP contribution >= 0.6 is 0 Å². The summed E-state index contributed by atoms with van der Waals surface area (Å²) in [6, 6.07) is -0.0319. The van der Waals surface area contributed by atoms with Crippen molar-refractivity contribution in [3.63, 3.8) is 0 Å². The highest BCUT2D eigenvalue weighted by Crippen LogP contribution is 2.09. The van der Waals surface area contributed by atoms with Gasteiger partial charge in [-0.1, -0.05) is 6.92 Å². The fourth-order valence-electron chi connectivity index (χ4n) is 2.09. The van der Waals surface area contributed by atoms with E-state index in [1.54, 1.807) is 0 Å². The van der Waals surface area contributed by atoms with Gasteiger partial charge in [0, 0.05) is 19.1 Å². The molecule has 0 aromatic heterocycles. The third-order valence-electron chi connectivity index (χ3n) is 3.05. The molecule has 19 heavy (non-hydrogen) atoms. The van der Waals surface area contributed by atoms with E-state index in [4.69, 9.17) is 9.84 Å². The minimum atomic E-state index is -1.01. The molecule has 110 valence electrons. The number of carbonyl (C=O) groups excluding carboxylic acids is 1. The molecule has 1 saturated heterocycles. The number of urea groups is 1.